The Bertz CT molecular complexity index is 208. The molecule has 1 N–H and O–H groups in total. The van der Waals surface area contributed by atoms with E-state index >= 15 is 0 Å². The highest BCUT2D eigenvalue weighted by Crippen LogP contribution is 1.92. The maximum atomic E-state index is 9.77. The second-order valence-electron chi connectivity index (χ2n) is 1.65. The first-order valence-electron chi connectivity index (χ1n) is 2.85. The van der Waals surface area contributed by atoms with Crippen molar-refractivity contribution in [3.8, 4) is 0 Å². The summed E-state index contributed by atoms with van der Waals surface area (Å²) in [5.74, 6) is -0.458. The van der Waals surface area contributed by atoms with Crippen LogP contribution in [0.3, 0.4) is 0 Å². The van der Waals surface area contributed by atoms with E-state index in [0.717, 1.165) is 6.92 Å². The summed E-state index contributed by atoms with van der Waals surface area (Å²) < 4.78 is 4.61. The average molecular weight is 156 g/mol. The van der Waals surface area contributed by atoms with Gasteiger partial charge in [0.05, 0.1) is 6.26 Å². The predicted molar refractivity (Wildman–Crippen MR) is 37.4 cm³/mol. The fraction of sp³-hybridized carbons (Fsp3) is 0.143. The van der Waals surface area contributed by atoms with Crippen LogP contribution < -0.4 is 0 Å². The van der Waals surface area contributed by atoms with Gasteiger partial charge in [-0.05, 0) is 12.1 Å². The lowest BCUT2D eigenvalue weighted by atomic mass is 10.5. The first-order chi connectivity index (χ1) is 5.16. The topological polar surface area (TPSA) is 67.5 Å². The van der Waals surface area contributed by atoms with Crippen LogP contribution in [0.5, 0.6) is 0 Å². The normalized spacial score (nSPS) is 7.73. The van der Waals surface area contributed by atoms with Gasteiger partial charge in [-0.15, -0.1) is 0 Å². The van der Waals surface area contributed by atoms with Gasteiger partial charge in [0.2, 0.25) is 0 Å². The van der Waals surface area contributed by atoms with Gasteiger partial charge in [0.1, 0.15) is 0 Å². The Labute approximate surface area is 63.4 Å². The molecule has 1 heterocycles. The number of aldehydes is 1. The van der Waals surface area contributed by atoms with E-state index in [1.54, 1.807) is 12.1 Å². The molecule has 0 aliphatic rings. The van der Waals surface area contributed by atoms with Crippen molar-refractivity contribution in [2.45, 2.75) is 6.92 Å². The van der Waals surface area contributed by atoms with Crippen molar-refractivity contribution in [2.75, 3.05) is 0 Å². The lowest BCUT2D eigenvalue weighted by Crippen LogP contribution is -1.78. The third-order valence-electron chi connectivity index (χ3n) is 0.659. The molecule has 0 amide bonds. The molecule has 1 aromatic heterocycles. The fourth-order valence-corrected chi connectivity index (χ4v) is 0.358. The fourth-order valence-electron chi connectivity index (χ4n) is 0.358. The molecule has 4 nitrogen and oxygen atoms in total. The maximum Gasteiger partial charge on any atom is 0.300 e. The van der Waals surface area contributed by atoms with E-state index in [-0.39, 0.29) is 0 Å². The zero-order valence-electron chi connectivity index (χ0n) is 5.98. The SMILES string of the molecule is CC(=O)O.O=Cc1ccco1. The number of rotatable bonds is 1. The molecule has 0 saturated carbocycles. The highest BCUT2D eigenvalue weighted by atomic mass is 16.4. The van der Waals surface area contributed by atoms with Crippen molar-refractivity contribution in [3.05, 3.63) is 24.2 Å². The van der Waals surface area contributed by atoms with Gasteiger partial charge in [-0.3, -0.25) is 9.59 Å². The van der Waals surface area contributed by atoms with Gasteiger partial charge in [0.25, 0.3) is 5.97 Å². The van der Waals surface area contributed by atoms with Gasteiger partial charge < -0.3 is 9.52 Å². The third kappa shape index (κ3) is 6.30. The van der Waals surface area contributed by atoms with E-state index in [4.69, 9.17) is 9.90 Å². The Balaban J connectivity index is 0.000000218. The molecule has 0 spiro atoms. The van der Waals surface area contributed by atoms with Crippen LogP contribution in [-0.2, 0) is 4.79 Å². The summed E-state index contributed by atoms with van der Waals surface area (Å²) in [4.78, 5) is 18.8. The molecular formula is C7H8O4. The minimum Gasteiger partial charge on any atom is -0.481 e. The largest absolute Gasteiger partial charge is 0.481 e. The molecule has 4 heteroatoms. The summed E-state index contributed by atoms with van der Waals surface area (Å²) in [5, 5.41) is 7.42. The van der Waals surface area contributed by atoms with Gasteiger partial charge in [0.15, 0.2) is 12.0 Å². The molecule has 0 atom stereocenters. The van der Waals surface area contributed by atoms with E-state index in [2.05, 4.69) is 4.42 Å². The van der Waals surface area contributed by atoms with E-state index in [0.29, 0.717) is 12.0 Å². The van der Waals surface area contributed by atoms with Crippen molar-refractivity contribution in [2.24, 2.45) is 0 Å². The monoisotopic (exact) mass is 156 g/mol. The van der Waals surface area contributed by atoms with Gasteiger partial charge in [0, 0.05) is 6.92 Å². The molecule has 0 saturated heterocycles. The first-order valence-corrected chi connectivity index (χ1v) is 2.85. The molecule has 0 aliphatic heterocycles. The maximum absolute atomic E-state index is 9.77. The van der Waals surface area contributed by atoms with Crippen LogP contribution in [0.4, 0.5) is 0 Å². The number of carbonyl (C=O) groups is 2. The van der Waals surface area contributed by atoms with Gasteiger partial charge >= 0.3 is 0 Å². The number of hydrogen-bond donors (Lipinski definition) is 1. The number of carboxylic acid groups (broad SMARTS) is 1. The summed E-state index contributed by atoms with van der Waals surface area (Å²) in [5.41, 5.74) is 0. The molecule has 0 aromatic carbocycles. The number of carbonyl (C=O) groups excluding carboxylic acids is 1. The zero-order chi connectivity index (χ0) is 8.69. The number of aliphatic carboxylic acids is 1. The van der Waals surface area contributed by atoms with Crippen LogP contribution in [0.25, 0.3) is 0 Å². The summed E-state index contributed by atoms with van der Waals surface area (Å²) in [6.07, 6.45) is 2.13. The van der Waals surface area contributed by atoms with Crippen molar-refractivity contribution >= 4 is 12.3 Å². The lowest BCUT2D eigenvalue weighted by Gasteiger charge is -1.68. The molecule has 11 heavy (non-hydrogen) atoms. The Kier molecular flexibility index (Phi) is 4.47. The van der Waals surface area contributed by atoms with Gasteiger partial charge in [-0.25, -0.2) is 0 Å². The van der Waals surface area contributed by atoms with Crippen molar-refractivity contribution < 1.29 is 19.1 Å². The van der Waals surface area contributed by atoms with Crippen molar-refractivity contribution in [1.29, 1.82) is 0 Å². The minimum absolute atomic E-state index is 0.375. The van der Waals surface area contributed by atoms with Crippen LogP contribution in [0.15, 0.2) is 22.8 Å². The number of carboxylic acids is 1. The van der Waals surface area contributed by atoms with E-state index < -0.39 is 5.97 Å². The second-order valence-corrected chi connectivity index (χ2v) is 1.65. The van der Waals surface area contributed by atoms with Crippen molar-refractivity contribution in [1.82, 2.24) is 0 Å². The molecule has 0 unspecified atom stereocenters. The Morgan fingerprint density at radius 1 is 1.73 bits per heavy atom. The molecular weight excluding hydrogens is 148 g/mol. The van der Waals surface area contributed by atoms with Crippen LogP contribution >= 0.6 is 0 Å². The lowest BCUT2D eigenvalue weighted by molar-refractivity contribution is -0.134. The minimum atomic E-state index is -0.833. The predicted octanol–water partition coefficient (Wildman–Crippen LogP) is 1.18. The Hall–Kier alpha value is -1.58. The zero-order valence-corrected chi connectivity index (χ0v) is 5.98. The van der Waals surface area contributed by atoms with Crippen LogP contribution in [0.1, 0.15) is 17.5 Å². The molecule has 60 valence electrons. The molecule has 0 radical (unpaired) electrons. The van der Waals surface area contributed by atoms with Gasteiger partial charge in [-0.2, -0.15) is 0 Å². The quantitative estimate of drug-likeness (QED) is 0.620. The number of furan rings is 1. The summed E-state index contributed by atoms with van der Waals surface area (Å²) >= 11 is 0. The highest BCUT2D eigenvalue weighted by Gasteiger charge is 1.84. The summed E-state index contributed by atoms with van der Waals surface area (Å²) in [6, 6.07) is 3.27. The van der Waals surface area contributed by atoms with Crippen LogP contribution in [0, 0.1) is 0 Å². The van der Waals surface area contributed by atoms with Crippen molar-refractivity contribution in [3.63, 3.8) is 0 Å². The molecule has 0 fully saturated rings. The van der Waals surface area contributed by atoms with Crippen LogP contribution in [-0.4, -0.2) is 17.4 Å². The Morgan fingerprint density at radius 2 is 2.27 bits per heavy atom. The van der Waals surface area contributed by atoms with Gasteiger partial charge in [-0.1, -0.05) is 0 Å². The summed E-state index contributed by atoms with van der Waals surface area (Å²) in [6.45, 7) is 1.08. The summed E-state index contributed by atoms with van der Waals surface area (Å²) in [7, 11) is 0. The second kappa shape index (κ2) is 5.22. The molecule has 0 bridgehead atoms. The molecule has 0 aliphatic carbocycles. The smallest absolute Gasteiger partial charge is 0.300 e. The standard InChI is InChI=1S/C5H4O2.C2H4O2/c6-4-5-2-1-3-7-5;1-2(3)4/h1-4H;1H3,(H,3,4). The Morgan fingerprint density at radius 3 is 2.45 bits per heavy atom. The highest BCUT2D eigenvalue weighted by molar-refractivity contribution is 5.69. The van der Waals surface area contributed by atoms with E-state index in [1.807, 2.05) is 0 Å². The van der Waals surface area contributed by atoms with E-state index in [1.165, 1.54) is 6.26 Å². The molecule has 1 aromatic rings. The third-order valence-corrected chi connectivity index (χ3v) is 0.659. The first kappa shape index (κ1) is 9.42. The number of hydrogen-bond acceptors (Lipinski definition) is 3. The average Bonchev–Trinajstić information content (AvgIpc) is 2.36. The van der Waals surface area contributed by atoms with E-state index in [9.17, 15) is 4.79 Å². The molecule has 1 rings (SSSR count). The van der Waals surface area contributed by atoms with Crippen LogP contribution in [0.2, 0.25) is 0 Å².